The van der Waals surface area contributed by atoms with Gasteiger partial charge in [-0.15, -0.1) is 0 Å². The maximum absolute atomic E-state index is 12.3. The molecule has 16 heteroatoms. The van der Waals surface area contributed by atoms with Crippen molar-refractivity contribution >= 4 is 50.3 Å². The first kappa shape index (κ1) is 40.7. The van der Waals surface area contributed by atoms with Gasteiger partial charge < -0.3 is 38.7 Å². The first-order valence-corrected chi connectivity index (χ1v) is 16.6. The van der Waals surface area contributed by atoms with E-state index in [1.165, 1.54) is 9.80 Å². The number of nitrogens with zero attached hydrogens (tertiary/aromatic N) is 2. The molecule has 0 aliphatic carbocycles. The first-order chi connectivity index (χ1) is 20.0. The molecule has 4 rings (SSSR count). The summed E-state index contributed by atoms with van der Waals surface area (Å²) in [6.45, 7) is 3.99. The minimum absolute atomic E-state index is 0. The van der Waals surface area contributed by atoms with Crippen molar-refractivity contribution in [1.82, 2.24) is 20.0 Å². The van der Waals surface area contributed by atoms with Crippen LogP contribution in [0.5, 0.6) is 0 Å². The molecule has 2 heterocycles. The summed E-state index contributed by atoms with van der Waals surface area (Å²) in [5, 5.41) is 28.8. The number of nitrogens with one attached hydrogen (secondary N) is 2. The van der Waals surface area contributed by atoms with Crippen molar-refractivity contribution in [1.29, 1.82) is 0 Å². The Morgan fingerprint density at radius 3 is 1.30 bits per heavy atom. The second-order valence-electron chi connectivity index (χ2n) is 10.1. The van der Waals surface area contributed by atoms with Crippen molar-refractivity contribution in [3.8, 4) is 0 Å². The number of carboxylic acid groups (broad SMARTS) is 2. The van der Waals surface area contributed by atoms with Crippen LogP contribution in [0.1, 0.15) is 39.5 Å². The molecule has 2 N–H and O–H groups in total. The second kappa shape index (κ2) is 20.0. The van der Waals surface area contributed by atoms with Crippen molar-refractivity contribution in [2.75, 3.05) is 13.1 Å². The van der Waals surface area contributed by atoms with Crippen LogP contribution in [-0.4, -0.2) is 70.8 Å². The number of carbonyl (C=O) groups excluding carboxylic acids is 4. The number of rotatable bonds is 10. The van der Waals surface area contributed by atoms with E-state index in [0.29, 0.717) is 49.4 Å². The van der Waals surface area contributed by atoms with Gasteiger partial charge in [0.1, 0.15) is 0 Å². The normalized spacial score (nSPS) is 20.0. The molecule has 228 valence electrons. The number of carboxylic acids is 2. The Kier molecular flexibility index (Phi) is 18.6. The van der Waals surface area contributed by atoms with Crippen LogP contribution in [0.25, 0.3) is 0 Å². The van der Waals surface area contributed by atoms with Gasteiger partial charge in [0.05, 0.1) is 36.1 Å². The standard InChI is InChI=1S/2C14H19N2O4P.2Na/c2*1-10(15-21(20)11-6-3-2-4-7-11)13(17)16-9-5-8-12(16)14(18)19;;/h2*2-4,6-7,10,12,21H,5,8-9H2,1H3,(H,15,20)(H,18,19);;/q;;2*+1/p-2/t2*10-,12-;;/m00../s1. The maximum atomic E-state index is 12.3. The molecule has 2 saturated heterocycles. The number of carbonyl (C=O) groups is 4. The summed E-state index contributed by atoms with van der Waals surface area (Å²) >= 11 is 0. The third-order valence-corrected chi connectivity index (χ3v) is 10.2. The number of hydrogen-bond acceptors (Lipinski definition) is 8. The van der Waals surface area contributed by atoms with Crippen LogP contribution < -0.4 is 90.1 Å². The van der Waals surface area contributed by atoms with Crippen LogP contribution in [-0.2, 0) is 28.3 Å². The number of likely N-dealkylation sites (tertiary alicyclic amines) is 2. The molecule has 2 aliphatic rings. The van der Waals surface area contributed by atoms with Crippen molar-refractivity contribution in [2.45, 2.75) is 63.7 Å². The Hall–Kier alpha value is -1.30. The SMILES string of the molecule is C[C@H](N[PH](=O)c1ccccc1)C(=O)N1CCC[C@H]1C(=O)[O-].C[C@H](N[PH](=O)c1ccccc1)C(=O)N1CCC[C@H]1C(=O)[O-].[Na+].[Na+]. The topological polar surface area (TPSA) is 179 Å². The maximum Gasteiger partial charge on any atom is 1.00 e. The van der Waals surface area contributed by atoms with Crippen LogP contribution in [0.2, 0.25) is 0 Å². The van der Waals surface area contributed by atoms with Gasteiger partial charge in [-0.1, -0.05) is 60.7 Å². The molecule has 2 unspecified atom stereocenters. The Bertz CT molecular complexity index is 1210. The summed E-state index contributed by atoms with van der Waals surface area (Å²) in [5.74, 6) is -3.17. The number of aliphatic carboxylic acids is 2. The van der Waals surface area contributed by atoms with E-state index in [2.05, 4.69) is 10.2 Å². The van der Waals surface area contributed by atoms with Crippen LogP contribution in [0.3, 0.4) is 0 Å². The van der Waals surface area contributed by atoms with E-state index in [4.69, 9.17) is 0 Å². The molecule has 0 aromatic heterocycles. The minimum Gasteiger partial charge on any atom is -0.548 e. The zero-order valence-electron chi connectivity index (χ0n) is 25.5. The fourth-order valence-corrected chi connectivity index (χ4v) is 7.27. The van der Waals surface area contributed by atoms with Gasteiger partial charge in [-0.25, -0.2) is 0 Å². The van der Waals surface area contributed by atoms with E-state index in [9.17, 15) is 38.5 Å². The Morgan fingerprint density at radius 1 is 0.682 bits per heavy atom. The predicted octanol–water partition coefficient (Wildman–Crippen LogP) is -6.98. The molecule has 2 aliphatic heterocycles. The number of benzene rings is 2. The monoisotopic (exact) mass is 664 g/mol. The van der Waals surface area contributed by atoms with Crippen molar-refractivity contribution in [2.24, 2.45) is 0 Å². The molecule has 6 atom stereocenters. The molecular formula is C28H36N4Na2O8P2. The summed E-state index contributed by atoms with van der Waals surface area (Å²) < 4.78 is 24.3. The fraction of sp³-hybridized carbons (Fsp3) is 0.429. The van der Waals surface area contributed by atoms with E-state index in [1.807, 2.05) is 12.1 Å². The molecule has 12 nitrogen and oxygen atoms in total. The Morgan fingerprint density at radius 2 is 1.00 bits per heavy atom. The number of hydrogen-bond donors (Lipinski definition) is 2. The molecule has 2 fully saturated rings. The van der Waals surface area contributed by atoms with Gasteiger partial charge in [0.25, 0.3) is 0 Å². The van der Waals surface area contributed by atoms with Gasteiger partial charge >= 0.3 is 59.1 Å². The molecule has 0 saturated carbocycles. The smallest absolute Gasteiger partial charge is 0.548 e. The summed E-state index contributed by atoms with van der Waals surface area (Å²) in [7, 11) is -4.57. The van der Waals surface area contributed by atoms with Crippen LogP contribution in [0.15, 0.2) is 60.7 Å². The third-order valence-electron chi connectivity index (χ3n) is 7.12. The molecule has 2 amide bonds. The van der Waals surface area contributed by atoms with Gasteiger partial charge in [0.2, 0.25) is 11.8 Å². The average Bonchev–Trinajstić information content (AvgIpc) is 3.68. The summed E-state index contributed by atoms with van der Waals surface area (Å²) in [6.07, 6.45) is 2.11. The predicted molar refractivity (Wildman–Crippen MR) is 155 cm³/mol. The summed E-state index contributed by atoms with van der Waals surface area (Å²) in [4.78, 5) is 49.2. The molecule has 0 spiro atoms. The summed E-state index contributed by atoms with van der Waals surface area (Å²) in [5.41, 5.74) is 0. The fourth-order valence-electron chi connectivity index (χ4n) is 4.91. The number of amides is 2. The van der Waals surface area contributed by atoms with Crippen LogP contribution in [0.4, 0.5) is 0 Å². The molecular weight excluding hydrogens is 628 g/mol. The van der Waals surface area contributed by atoms with E-state index in [0.717, 1.165) is 0 Å². The van der Waals surface area contributed by atoms with Gasteiger partial charge in [0.15, 0.2) is 15.9 Å². The zero-order valence-corrected chi connectivity index (χ0v) is 31.5. The largest absolute Gasteiger partial charge is 1.00 e. The quantitative estimate of drug-likeness (QED) is 0.183. The van der Waals surface area contributed by atoms with Crippen molar-refractivity contribution in [3.63, 3.8) is 0 Å². The zero-order chi connectivity index (χ0) is 30.8. The van der Waals surface area contributed by atoms with E-state index < -0.39 is 52.0 Å². The van der Waals surface area contributed by atoms with E-state index in [1.54, 1.807) is 62.4 Å². The van der Waals surface area contributed by atoms with E-state index in [-0.39, 0.29) is 70.9 Å². The molecule has 2 aromatic carbocycles. The van der Waals surface area contributed by atoms with Crippen molar-refractivity contribution < 1.29 is 97.6 Å². The van der Waals surface area contributed by atoms with Crippen molar-refractivity contribution in [3.05, 3.63) is 60.7 Å². The van der Waals surface area contributed by atoms with Crippen LogP contribution in [0, 0.1) is 0 Å². The average molecular weight is 665 g/mol. The molecule has 0 radical (unpaired) electrons. The Balaban J connectivity index is 0.000000421. The van der Waals surface area contributed by atoms with Gasteiger partial charge in [-0.3, -0.25) is 19.8 Å². The molecule has 2 aromatic rings. The van der Waals surface area contributed by atoms with Gasteiger partial charge in [-0.05, 0) is 39.5 Å². The Labute approximate surface area is 303 Å². The molecule has 44 heavy (non-hydrogen) atoms. The van der Waals surface area contributed by atoms with Gasteiger partial charge in [0, 0.05) is 23.7 Å². The molecule has 0 bridgehead atoms. The van der Waals surface area contributed by atoms with E-state index >= 15 is 0 Å². The third kappa shape index (κ3) is 11.5. The van der Waals surface area contributed by atoms with Gasteiger partial charge in [-0.2, -0.15) is 0 Å². The first-order valence-electron chi connectivity index (χ1n) is 13.8. The van der Waals surface area contributed by atoms with Crippen LogP contribution >= 0.6 is 15.9 Å². The second-order valence-corrected chi connectivity index (χ2v) is 13.2. The summed E-state index contributed by atoms with van der Waals surface area (Å²) in [6, 6.07) is 14.5. The minimum atomic E-state index is -2.29.